The van der Waals surface area contributed by atoms with Gasteiger partial charge in [-0.05, 0) is 49.4 Å². The third-order valence-electron chi connectivity index (χ3n) is 3.60. The topological polar surface area (TPSA) is 58.4 Å². The van der Waals surface area contributed by atoms with Gasteiger partial charge in [0.25, 0.3) is 0 Å². The average Bonchev–Trinajstić information content (AvgIpc) is 2.37. The van der Waals surface area contributed by atoms with Gasteiger partial charge in [-0.1, -0.05) is 6.07 Å². The Kier molecular flexibility index (Phi) is 3.75. The van der Waals surface area contributed by atoms with E-state index in [9.17, 15) is 4.79 Å². The second kappa shape index (κ2) is 5.29. The Morgan fingerprint density at radius 1 is 1.56 bits per heavy atom. The summed E-state index contributed by atoms with van der Waals surface area (Å²) < 4.78 is 0. The highest BCUT2D eigenvalue weighted by atomic mass is 16.2. The van der Waals surface area contributed by atoms with Gasteiger partial charge in [-0.15, -0.1) is 0 Å². The molecule has 0 spiro atoms. The van der Waals surface area contributed by atoms with Gasteiger partial charge < -0.3 is 16.0 Å². The van der Waals surface area contributed by atoms with Gasteiger partial charge in [-0.2, -0.15) is 0 Å². The minimum atomic E-state index is -0.00725. The maximum Gasteiger partial charge on any atom is 0.317 e. The number of anilines is 1. The lowest BCUT2D eigenvalue weighted by molar-refractivity contribution is 0.205. The van der Waals surface area contributed by atoms with Gasteiger partial charge in [0.2, 0.25) is 0 Å². The number of carbonyl (C=O) groups excluding carboxylic acids is 1. The molecule has 4 nitrogen and oxygen atoms in total. The van der Waals surface area contributed by atoms with E-state index in [2.05, 4.69) is 5.32 Å². The molecular formula is C14H21N3O. The quantitative estimate of drug-likeness (QED) is 0.788. The van der Waals surface area contributed by atoms with Crippen LogP contribution in [-0.4, -0.2) is 24.5 Å². The Morgan fingerprint density at radius 3 is 3.06 bits per heavy atom. The fourth-order valence-corrected chi connectivity index (χ4v) is 2.39. The molecule has 0 aliphatic heterocycles. The van der Waals surface area contributed by atoms with Crippen LogP contribution in [0.15, 0.2) is 18.2 Å². The lowest BCUT2D eigenvalue weighted by Crippen LogP contribution is -2.40. The number of benzene rings is 1. The summed E-state index contributed by atoms with van der Waals surface area (Å²) in [7, 11) is 1.81. The van der Waals surface area contributed by atoms with Crippen molar-refractivity contribution in [2.75, 3.05) is 19.3 Å². The summed E-state index contributed by atoms with van der Waals surface area (Å²) in [5.74, 6) is 0. The number of carbonyl (C=O) groups is 1. The summed E-state index contributed by atoms with van der Waals surface area (Å²) in [6, 6.07) is 6.09. The van der Waals surface area contributed by atoms with E-state index in [-0.39, 0.29) is 12.1 Å². The molecule has 3 N–H and O–H groups in total. The van der Waals surface area contributed by atoms with E-state index in [0.717, 1.165) is 24.9 Å². The van der Waals surface area contributed by atoms with E-state index >= 15 is 0 Å². The first-order chi connectivity index (χ1) is 8.61. The number of amides is 2. The Labute approximate surface area is 108 Å². The molecule has 98 valence electrons. The third-order valence-corrected chi connectivity index (χ3v) is 3.60. The van der Waals surface area contributed by atoms with Crippen LogP contribution in [0.25, 0.3) is 0 Å². The molecule has 1 aliphatic rings. The van der Waals surface area contributed by atoms with Crippen molar-refractivity contribution in [3.63, 3.8) is 0 Å². The van der Waals surface area contributed by atoms with Gasteiger partial charge in [-0.3, -0.25) is 0 Å². The second-order valence-corrected chi connectivity index (χ2v) is 4.87. The van der Waals surface area contributed by atoms with Gasteiger partial charge >= 0.3 is 6.03 Å². The number of nitrogen functional groups attached to an aromatic ring is 1. The second-order valence-electron chi connectivity index (χ2n) is 4.87. The Hall–Kier alpha value is -1.71. The van der Waals surface area contributed by atoms with Crippen LogP contribution < -0.4 is 11.1 Å². The average molecular weight is 247 g/mol. The lowest BCUT2D eigenvalue weighted by atomic mass is 9.87. The van der Waals surface area contributed by atoms with E-state index in [1.807, 2.05) is 32.2 Å². The number of aryl methyl sites for hydroxylation is 1. The Morgan fingerprint density at radius 2 is 2.33 bits per heavy atom. The maximum absolute atomic E-state index is 11.9. The predicted octanol–water partition coefficient (Wildman–Crippen LogP) is 2.31. The largest absolute Gasteiger partial charge is 0.399 e. The Balaban J connectivity index is 2.15. The number of rotatable bonds is 2. The number of hydrogen-bond donors (Lipinski definition) is 2. The molecule has 0 heterocycles. The van der Waals surface area contributed by atoms with Crippen molar-refractivity contribution in [3.8, 4) is 0 Å². The van der Waals surface area contributed by atoms with E-state index in [0.29, 0.717) is 6.54 Å². The molecule has 2 amide bonds. The van der Waals surface area contributed by atoms with E-state index < -0.39 is 0 Å². The molecule has 1 aromatic carbocycles. The highest BCUT2D eigenvalue weighted by Crippen LogP contribution is 2.30. The molecule has 2 rings (SSSR count). The van der Waals surface area contributed by atoms with Crippen molar-refractivity contribution in [2.24, 2.45) is 0 Å². The number of nitrogens with two attached hydrogens (primary N) is 1. The van der Waals surface area contributed by atoms with Gasteiger partial charge in [0.05, 0.1) is 6.04 Å². The molecule has 0 aromatic heterocycles. The summed E-state index contributed by atoms with van der Waals surface area (Å²) in [5.41, 5.74) is 9.09. The zero-order chi connectivity index (χ0) is 13.1. The van der Waals surface area contributed by atoms with Crippen molar-refractivity contribution in [3.05, 3.63) is 29.3 Å². The molecule has 1 unspecified atom stereocenters. The molecule has 0 saturated heterocycles. The van der Waals surface area contributed by atoms with Crippen LogP contribution in [0.4, 0.5) is 10.5 Å². The number of nitrogens with one attached hydrogen (secondary N) is 1. The van der Waals surface area contributed by atoms with Crippen LogP contribution in [0.1, 0.15) is 36.9 Å². The van der Waals surface area contributed by atoms with Crippen molar-refractivity contribution in [2.45, 2.75) is 32.2 Å². The van der Waals surface area contributed by atoms with Crippen molar-refractivity contribution in [1.29, 1.82) is 0 Å². The van der Waals surface area contributed by atoms with Crippen molar-refractivity contribution >= 4 is 11.7 Å². The van der Waals surface area contributed by atoms with Crippen molar-refractivity contribution < 1.29 is 4.79 Å². The van der Waals surface area contributed by atoms with Gasteiger partial charge in [0.1, 0.15) is 0 Å². The molecule has 0 fully saturated rings. The van der Waals surface area contributed by atoms with Crippen LogP contribution >= 0.6 is 0 Å². The first-order valence-electron chi connectivity index (χ1n) is 6.51. The fraction of sp³-hybridized carbons (Fsp3) is 0.500. The SMILES string of the molecule is CCN(C)C(=O)NC1CCCc2cc(N)ccc21. The molecule has 0 radical (unpaired) electrons. The normalized spacial score (nSPS) is 18.0. The smallest absolute Gasteiger partial charge is 0.317 e. The minimum absolute atomic E-state index is 0.00725. The standard InChI is InChI=1S/C14H21N3O/c1-3-17(2)14(18)16-13-6-4-5-10-9-11(15)7-8-12(10)13/h7-9,13H,3-6,15H2,1-2H3,(H,16,18). The molecule has 1 atom stereocenters. The zero-order valence-electron chi connectivity index (χ0n) is 11.1. The molecule has 18 heavy (non-hydrogen) atoms. The van der Waals surface area contributed by atoms with E-state index in [1.54, 1.807) is 4.90 Å². The fourth-order valence-electron chi connectivity index (χ4n) is 2.39. The molecule has 1 aliphatic carbocycles. The summed E-state index contributed by atoms with van der Waals surface area (Å²) >= 11 is 0. The number of nitrogens with zero attached hydrogens (tertiary/aromatic N) is 1. The van der Waals surface area contributed by atoms with Crippen LogP contribution in [0.3, 0.4) is 0 Å². The summed E-state index contributed by atoms with van der Waals surface area (Å²) in [6.45, 7) is 2.68. The molecule has 0 saturated carbocycles. The zero-order valence-corrected chi connectivity index (χ0v) is 11.1. The molecule has 1 aromatic rings. The highest BCUT2D eigenvalue weighted by Gasteiger charge is 2.22. The molecular weight excluding hydrogens is 226 g/mol. The van der Waals surface area contributed by atoms with E-state index in [1.165, 1.54) is 11.1 Å². The third kappa shape index (κ3) is 2.58. The van der Waals surface area contributed by atoms with Crippen LogP contribution in [0.5, 0.6) is 0 Å². The summed E-state index contributed by atoms with van der Waals surface area (Å²) in [4.78, 5) is 13.6. The molecule has 0 bridgehead atoms. The monoisotopic (exact) mass is 247 g/mol. The van der Waals surface area contributed by atoms with Gasteiger partial charge in [-0.25, -0.2) is 4.79 Å². The first kappa shape index (κ1) is 12.7. The lowest BCUT2D eigenvalue weighted by Gasteiger charge is -2.28. The summed E-state index contributed by atoms with van der Waals surface area (Å²) in [5, 5.41) is 3.09. The number of hydrogen-bond acceptors (Lipinski definition) is 2. The molecule has 4 heteroatoms. The highest BCUT2D eigenvalue weighted by molar-refractivity contribution is 5.74. The van der Waals surface area contributed by atoms with Gasteiger partial charge in [0.15, 0.2) is 0 Å². The van der Waals surface area contributed by atoms with Crippen LogP contribution in [-0.2, 0) is 6.42 Å². The van der Waals surface area contributed by atoms with E-state index in [4.69, 9.17) is 5.73 Å². The van der Waals surface area contributed by atoms with Crippen LogP contribution in [0.2, 0.25) is 0 Å². The first-order valence-corrected chi connectivity index (χ1v) is 6.51. The number of fused-ring (bicyclic) bond motifs is 1. The van der Waals surface area contributed by atoms with Crippen molar-refractivity contribution in [1.82, 2.24) is 10.2 Å². The summed E-state index contributed by atoms with van der Waals surface area (Å²) in [6.07, 6.45) is 3.15. The predicted molar refractivity (Wildman–Crippen MR) is 73.4 cm³/mol. The Bertz CT molecular complexity index is 445. The van der Waals surface area contributed by atoms with Crippen LogP contribution in [0, 0.1) is 0 Å². The number of urea groups is 1. The minimum Gasteiger partial charge on any atom is -0.399 e. The maximum atomic E-state index is 11.9. The van der Waals surface area contributed by atoms with Gasteiger partial charge in [0, 0.05) is 19.3 Å².